The Morgan fingerprint density at radius 1 is 1.08 bits per heavy atom. The second-order valence-electron chi connectivity index (χ2n) is 6.40. The number of carbonyl (C=O) groups is 1. The summed E-state index contributed by atoms with van der Waals surface area (Å²) in [7, 11) is 2.07. The summed E-state index contributed by atoms with van der Waals surface area (Å²) in [5.41, 5.74) is 4.04. The lowest BCUT2D eigenvalue weighted by Crippen LogP contribution is -2.34. The summed E-state index contributed by atoms with van der Waals surface area (Å²) in [6.45, 7) is 3.64. The fourth-order valence-electron chi connectivity index (χ4n) is 3.13. The van der Waals surface area contributed by atoms with E-state index in [9.17, 15) is 4.79 Å². The van der Waals surface area contributed by atoms with E-state index in [0.717, 1.165) is 41.8 Å². The third-order valence-corrected chi connectivity index (χ3v) is 4.46. The molecule has 1 heterocycles. The quantitative estimate of drug-likeness (QED) is 0.843. The van der Waals surface area contributed by atoms with Crippen molar-refractivity contribution in [1.82, 2.24) is 9.80 Å². The molecule has 1 aliphatic heterocycles. The van der Waals surface area contributed by atoms with Crippen molar-refractivity contribution in [2.75, 3.05) is 13.6 Å². The molecule has 0 fully saturated rings. The van der Waals surface area contributed by atoms with Crippen LogP contribution in [0.1, 0.15) is 34.3 Å². The Morgan fingerprint density at radius 2 is 1.79 bits per heavy atom. The normalized spacial score (nSPS) is 14.2. The largest absolute Gasteiger partial charge is 0.379 e. The number of aryl methyl sites for hydroxylation is 1. The second kappa shape index (κ2) is 7.35. The zero-order valence-electron chi connectivity index (χ0n) is 14.4. The molecule has 0 saturated carbocycles. The van der Waals surface area contributed by atoms with Crippen LogP contribution in [0.25, 0.3) is 0 Å². The standard InChI is InChI=1S/C21H24N2O/c1-17-9-6-7-13-20(17)21(24)23(15-18-10-4-3-5-11-18)19-12-8-14-22(2)16-19/h3-7,9-11,13,16H,8,12,14-15H2,1-2H3. The van der Waals surface area contributed by atoms with Crippen LogP contribution in [0, 0.1) is 6.92 Å². The summed E-state index contributed by atoms with van der Waals surface area (Å²) in [6, 6.07) is 18.0. The molecule has 0 aromatic heterocycles. The van der Waals surface area contributed by atoms with E-state index < -0.39 is 0 Å². The van der Waals surface area contributed by atoms with Gasteiger partial charge in [0.2, 0.25) is 0 Å². The Kier molecular flexibility index (Phi) is 4.99. The van der Waals surface area contributed by atoms with Gasteiger partial charge in [0, 0.05) is 31.1 Å². The van der Waals surface area contributed by atoms with Crippen LogP contribution in [0.5, 0.6) is 0 Å². The van der Waals surface area contributed by atoms with Gasteiger partial charge in [-0.15, -0.1) is 0 Å². The van der Waals surface area contributed by atoms with Crippen molar-refractivity contribution in [1.29, 1.82) is 0 Å². The Morgan fingerprint density at radius 3 is 2.50 bits per heavy atom. The van der Waals surface area contributed by atoms with Crippen molar-refractivity contribution < 1.29 is 4.79 Å². The molecular formula is C21H24N2O. The average molecular weight is 320 g/mol. The first kappa shape index (κ1) is 16.3. The number of carbonyl (C=O) groups excluding carboxylic acids is 1. The van der Waals surface area contributed by atoms with Gasteiger partial charge < -0.3 is 9.80 Å². The highest BCUT2D eigenvalue weighted by Crippen LogP contribution is 2.23. The number of rotatable bonds is 4. The van der Waals surface area contributed by atoms with Gasteiger partial charge in [0.25, 0.3) is 5.91 Å². The number of benzene rings is 2. The highest BCUT2D eigenvalue weighted by molar-refractivity contribution is 5.96. The fourth-order valence-corrected chi connectivity index (χ4v) is 3.13. The number of amides is 1. The first-order valence-corrected chi connectivity index (χ1v) is 8.47. The van der Waals surface area contributed by atoms with Gasteiger partial charge in [0.15, 0.2) is 0 Å². The third kappa shape index (κ3) is 3.67. The summed E-state index contributed by atoms with van der Waals surface area (Å²) in [5.74, 6) is 0.0819. The molecule has 3 nitrogen and oxygen atoms in total. The molecule has 0 unspecified atom stereocenters. The fraction of sp³-hybridized carbons (Fsp3) is 0.286. The molecule has 0 bridgehead atoms. The minimum atomic E-state index is 0.0819. The van der Waals surface area contributed by atoms with Crippen LogP contribution >= 0.6 is 0 Å². The van der Waals surface area contributed by atoms with Gasteiger partial charge in [-0.2, -0.15) is 0 Å². The molecule has 0 N–H and O–H groups in total. The lowest BCUT2D eigenvalue weighted by atomic mass is 10.0. The lowest BCUT2D eigenvalue weighted by Gasteiger charge is -2.31. The first-order valence-electron chi connectivity index (χ1n) is 8.47. The summed E-state index contributed by atoms with van der Waals surface area (Å²) in [5, 5.41) is 0. The van der Waals surface area contributed by atoms with Crippen LogP contribution in [0.15, 0.2) is 66.5 Å². The number of hydrogen-bond donors (Lipinski definition) is 0. The predicted octanol–water partition coefficient (Wildman–Crippen LogP) is 4.20. The molecule has 24 heavy (non-hydrogen) atoms. The van der Waals surface area contributed by atoms with Crippen LogP contribution < -0.4 is 0 Å². The first-order chi connectivity index (χ1) is 11.6. The van der Waals surface area contributed by atoms with Crippen molar-refractivity contribution in [3.63, 3.8) is 0 Å². The zero-order chi connectivity index (χ0) is 16.9. The molecule has 2 aromatic rings. The highest BCUT2D eigenvalue weighted by Gasteiger charge is 2.23. The summed E-state index contributed by atoms with van der Waals surface area (Å²) < 4.78 is 0. The number of hydrogen-bond acceptors (Lipinski definition) is 2. The Bertz CT molecular complexity index is 737. The van der Waals surface area contributed by atoms with Crippen molar-refractivity contribution in [2.45, 2.75) is 26.3 Å². The summed E-state index contributed by atoms with van der Waals surface area (Å²) in [6.07, 6.45) is 4.13. The number of allylic oxidation sites excluding steroid dienone is 1. The smallest absolute Gasteiger partial charge is 0.258 e. The molecule has 1 amide bonds. The molecule has 0 atom stereocenters. The van der Waals surface area contributed by atoms with Crippen LogP contribution in [0.2, 0.25) is 0 Å². The van der Waals surface area contributed by atoms with Gasteiger partial charge in [-0.1, -0.05) is 48.5 Å². The minimum absolute atomic E-state index is 0.0819. The van der Waals surface area contributed by atoms with E-state index in [1.807, 2.05) is 54.3 Å². The lowest BCUT2D eigenvalue weighted by molar-refractivity contribution is 0.0782. The second-order valence-corrected chi connectivity index (χ2v) is 6.40. The highest BCUT2D eigenvalue weighted by atomic mass is 16.2. The van der Waals surface area contributed by atoms with E-state index in [1.165, 1.54) is 0 Å². The van der Waals surface area contributed by atoms with E-state index >= 15 is 0 Å². The number of nitrogens with zero attached hydrogens (tertiary/aromatic N) is 2. The molecule has 124 valence electrons. The Labute approximate surface area is 144 Å². The van der Waals surface area contributed by atoms with Crippen LogP contribution in [0.3, 0.4) is 0 Å². The summed E-state index contributed by atoms with van der Waals surface area (Å²) >= 11 is 0. The molecule has 3 rings (SSSR count). The predicted molar refractivity (Wildman–Crippen MR) is 97.4 cm³/mol. The SMILES string of the molecule is Cc1ccccc1C(=O)N(Cc1ccccc1)C1=CN(C)CCC1. The molecule has 3 heteroatoms. The van der Waals surface area contributed by atoms with Gasteiger partial charge in [0.1, 0.15) is 0 Å². The summed E-state index contributed by atoms with van der Waals surface area (Å²) in [4.78, 5) is 17.3. The Hall–Kier alpha value is -2.55. The van der Waals surface area contributed by atoms with E-state index in [4.69, 9.17) is 0 Å². The molecule has 0 saturated heterocycles. The van der Waals surface area contributed by atoms with Crippen molar-refractivity contribution in [3.05, 3.63) is 83.2 Å². The van der Waals surface area contributed by atoms with E-state index in [2.05, 4.69) is 30.3 Å². The maximum absolute atomic E-state index is 13.2. The topological polar surface area (TPSA) is 23.6 Å². The average Bonchev–Trinajstić information content (AvgIpc) is 2.60. The van der Waals surface area contributed by atoms with Crippen molar-refractivity contribution >= 4 is 5.91 Å². The van der Waals surface area contributed by atoms with Crippen molar-refractivity contribution in [3.8, 4) is 0 Å². The van der Waals surface area contributed by atoms with Crippen molar-refractivity contribution in [2.24, 2.45) is 0 Å². The zero-order valence-corrected chi connectivity index (χ0v) is 14.4. The van der Waals surface area contributed by atoms with E-state index in [1.54, 1.807) is 0 Å². The molecule has 0 aliphatic carbocycles. The molecule has 0 radical (unpaired) electrons. The molecule has 2 aromatic carbocycles. The minimum Gasteiger partial charge on any atom is -0.379 e. The van der Waals surface area contributed by atoms with Gasteiger partial charge in [-0.05, 0) is 37.0 Å². The van der Waals surface area contributed by atoms with Gasteiger partial charge in [-0.25, -0.2) is 0 Å². The van der Waals surface area contributed by atoms with E-state index in [-0.39, 0.29) is 5.91 Å². The van der Waals surface area contributed by atoms with E-state index in [0.29, 0.717) is 6.54 Å². The monoisotopic (exact) mass is 320 g/mol. The maximum atomic E-state index is 13.2. The van der Waals surface area contributed by atoms with Gasteiger partial charge in [0.05, 0.1) is 6.54 Å². The third-order valence-electron chi connectivity index (χ3n) is 4.46. The van der Waals surface area contributed by atoms with Crippen LogP contribution in [-0.2, 0) is 6.54 Å². The van der Waals surface area contributed by atoms with Gasteiger partial charge >= 0.3 is 0 Å². The van der Waals surface area contributed by atoms with Crippen LogP contribution in [-0.4, -0.2) is 29.3 Å². The molecular weight excluding hydrogens is 296 g/mol. The molecule has 1 aliphatic rings. The molecule has 0 spiro atoms. The van der Waals surface area contributed by atoms with Crippen LogP contribution in [0.4, 0.5) is 0 Å². The maximum Gasteiger partial charge on any atom is 0.258 e. The Balaban J connectivity index is 1.95. The van der Waals surface area contributed by atoms with Gasteiger partial charge in [-0.3, -0.25) is 4.79 Å².